The van der Waals surface area contributed by atoms with Gasteiger partial charge in [-0.15, -0.1) is 0 Å². The highest BCUT2D eigenvalue weighted by molar-refractivity contribution is 9.10. The first-order valence-corrected chi connectivity index (χ1v) is 8.83. The van der Waals surface area contributed by atoms with Gasteiger partial charge in [0.05, 0.1) is 0 Å². The largest absolute Gasteiger partial charge is 0.449 e. The molecule has 0 radical (unpaired) electrons. The normalized spacial score (nSPS) is 11.6. The van der Waals surface area contributed by atoms with Crippen LogP contribution in [-0.2, 0) is 12.7 Å². The molecule has 0 fully saturated rings. The molecule has 6 nitrogen and oxygen atoms in total. The van der Waals surface area contributed by atoms with Gasteiger partial charge in [0.25, 0.3) is 0 Å². The van der Waals surface area contributed by atoms with Crippen LogP contribution in [0.25, 0.3) is 11.2 Å². The van der Waals surface area contributed by atoms with Crippen molar-refractivity contribution in [3.05, 3.63) is 52.9 Å². The Kier molecular flexibility index (Phi) is 5.64. The summed E-state index contributed by atoms with van der Waals surface area (Å²) >= 11 is 3.30. The highest BCUT2D eigenvalue weighted by Crippen LogP contribution is 2.30. The summed E-state index contributed by atoms with van der Waals surface area (Å²) in [7, 11) is 0. The number of nitrogens with zero attached hydrogens (tertiary/aromatic N) is 3. The summed E-state index contributed by atoms with van der Waals surface area (Å²) in [6.07, 6.45) is -2.86. The van der Waals surface area contributed by atoms with E-state index in [0.29, 0.717) is 12.1 Å². The number of amides is 2. The van der Waals surface area contributed by atoms with Gasteiger partial charge in [-0.2, -0.15) is 13.2 Å². The SMILES string of the molecule is O=C(NCCCn1c(C(F)(F)F)nc2cccnc21)Nc1ccc(Br)cc1. The number of aryl methyl sites for hydroxylation is 1. The van der Waals surface area contributed by atoms with E-state index in [1.54, 1.807) is 24.3 Å². The monoisotopic (exact) mass is 441 g/mol. The second kappa shape index (κ2) is 7.95. The van der Waals surface area contributed by atoms with Crippen LogP contribution in [-0.4, -0.2) is 27.1 Å². The van der Waals surface area contributed by atoms with Gasteiger partial charge in [0.15, 0.2) is 5.65 Å². The van der Waals surface area contributed by atoms with Crippen LogP contribution in [0, 0.1) is 0 Å². The minimum Gasteiger partial charge on any atom is -0.338 e. The number of fused-ring (bicyclic) bond motifs is 1. The summed E-state index contributed by atoms with van der Waals surface area (Å²) in [5.41, 5.74) is 0.967. The van der Waals surface area contributed by atoms with Crippen molar-refractivity contribution in [1.29, 1.82) is 0 Å². The maximum atomic E-state index is 13.2. The minimum atomic E-state index is -4.58. The molecule has 1 aromatic carbocycles. The number of urea groups is 1. The second-order valence-corrected chi connectivity index (χ2v) is 6.59. The van der Waals surface area contributed by atoms with Crippen LogP contribution in [0.5, 0.6) is 0 Å². The van der Waals surface area contributed by atoms with Crippen LogP contribution in [0.15, 0.2) is 47.1 Å². The fourth-order valence-corrected chi connectivity index (χ4v) is 2.80. The van der Waals surface area contributed by atoms with Crippen molar-refractivity contribution < 1.29 is 18.0 Å². The van der Waals surface area contributed by atoms with Gasteiger partial charge in [0.1, 0.15) is 5.52 Å². The summed E-state index contributed by atoms with van der Waals surface area (Å²) < 4.78 is 41.5. The fraction of sp³-hybridized carbons (Fsp3) is 0.235. The molecule has 0 aliphatic heterocycles. The van der Waals surface area contributed by atoms with Gasteiger partial charge in [-0.1, -0.05) is 15.9 Å². The fourth-order valence-electron chi connectivity index (χ4n) is 2.53. The maximum absolute atomic E-state index is 13.2. The van der Waals surface area contributed by atoms with Gasteiger partial charge in [0, 0.05) is 29.4 Å². The van der Waals surface area contributed by atoms with Gasteiger partial charge in [-0.25, -0.2) is 14.8 Å². The Bertz CT molecular complexity index is 940. The molecule has 2 aromatic heterocycles. The topological polar surface area (TPSA) is 71.8 Å². The molecule has 0 aliphatic rings. The molecule has 0 bridgehead atoms. The van der Waals surface area contributed by atoms with E-state index in [0.717, 1.165) is 9.04 Å². The lowest BCUT2D eigenvalue weighted by molar-refractivity contribution is -0.147. The third-order valence-electron chi connectivity index (χ3n) is 3.70. The zero-order valence-corrected chi connectivity index (χ0v) is 15.5. The summed E-state index contributed by atoms with van der Waals surface area (Å²) in [5, 5.41) is 5.26. The Morgan fingerprint density at radius 2 is 1.93 bits per heavy atom. The molecule has 0 saturated carbocycles. The van der Waals surface area contributed by atoms with Crippen molar-refractivity contribution in [3.8, 4) is 0 Å². The molecule has 3 aromatic rings. The number of carbonyl (C=O) groups is 1. The highest BCUT2D eigenvalue weighted by Gasteiger charge is 2.37. The molecule has 0 atom stereocenters. The number of pyridine rings is 1. The van der Waals surface area contributed by atoms with Gasteiger partial charge < -0.3 is 15.2 Å². The predicted molar refractivity (Wildman–Crippen MR) is 98.3 cm³/mol. The highest BCUT2D eigenvalue weighted by atomic mass is 79.9. The molecular weight excluding hydrogens is 427 g/mol. The van der Waals surface area contributed by atoms with Crippen LogP contribution >= 0.6 is 15.9 Å². The average Bonchev–Trinajstić information content (AvgIpc) is 3.00. The van der Waals surface area contributed by atoms with Gasteiger partial charge >= 0.3 is 12.2 Å². The third kappa shape index (κ3) is 4.76. The predicted octanol–water partition coefficient (Wildman–Crippen LogP) is 4.42. The lowest BCUT2D eigenvalue weighted by Gasteiger charge is -2.11. The van der Waals surface area contributed by atoms with E-state index in [1.165, 1.54) is 18.3 Å². The van der Waals surface area contributed by atoms with Crippen LogP contribution in [0.1, 0.15) is 12.2 Å². The minimum absolute atomic E-state index is 0.0287. The van der Waals surface area contributed by atoms with Crippen molar-refractivity contribution in [2.24, 2.45) is 0 Å². The van der Waals surface area contributed by atoms with Crippen LogP contribution < -0.4 is 10.6 Å². The average molecular weight is 442 g/mol. The summed E-state index contributed by atoms with van der Waals surface area (Å²) in [6, 6.07) is 9.61. The van der Waals surface area contributed by atoms with Crippen molar-refractivity contribution in [2.75, 3.05) is 11.9 Å². The molecule has 2 N–H and O–H groups in total. The molecular formula is C17H15BrF3N5O. The third-order valence-corrected chi connectivity index (χ3v) is 4.23. The molecule has 10 heteroatoms. The number of anilines is 1. The zero-order chi connectivity index (χ0) is 19.4. The number of alkyl halides is 3. The molecule has 2 amide bonds. The first kappa shape index (κ1) is 19.2. The van der Waals surface area contributed by atoms with Gasteiger partial charge in [-0.3, -0.25) is 0 Å². The van der Waals surface area contributed by atoms with Gasteiger partial charge in [-0.05, 0) is 42.8 Å². The smallest absolute Gasteiger partial charge is 0.338 e. The van der Waals surface area contributed by atoms with Crippen molar-refractivity contribution in [2.45, 2.75) is 19.1 Å². The molecule has 0 saturated heterocycles. The molecule has 27 heavy (non-hydrogen) atoms. The number of hydrogen-bond acceptors (Lipinski definition) is 3. The maximum Gasteiger partial charge on any atom is 0.449 e. The Labute approximate surface area is 160 Å². The Hall–Kier alpha value is -2.62. The number of carbonyl (C=O) groups excluding carboxylic acids is 1. The number of rotatable bonds is 5. The second-order valence-electron chi connectivity index (χ2n) is 5.67. The summed E-state index contributed by atoms with van der Waals surface area (Å²) in [6.45, 7) is 0.229. The van der Waals surface area contributed by atoms with E-state index in [1.807, 2.05) is 0 Å². The number of benzene rings is 1. The lowest BCUT2D eigenvalue weighted by Crippen LogP contribution is -2.30. The Morgan fingerprint density at radius 3 is 2.63 bits per heavy atom. The van der Waals surface area contributed by atoms with E-state index in [9.17, 15) is 18.0 Å². The van der Waals surface area contributed by atoms with E-state index < -0.39 is 18.0 Å². The molecule has 2 heterocycles. The number of halogens is 4. The first-order valence-electron chi connectivity index (χ1n) is 8.03. The van der Waals surface area contributed by atoms with Crippen molar-refractivity contribution in [3.63, 3.8) is 0 Å². The molecule has 3 rings (SSSR count). The lowest BCUT2D eigenvalue weighted by atomic mass is 10.3. The zero-order valence-electron chi connectivity index (χ0n) is 13.9. The van der Waals surface area contributed by atoms with Crippen LogP contribution in [0.3, 0.4) is 0 Å². The summed E-state index contributed by atoms with van der Waals surface area (Å²) in [5.74, 6) is -0.990. The number of imidazole rings is 1. The number of aromatic nitrogens is 3. The van der Waals surface area contributed by atoms with Crippen LogP contribution in [0.4, 0.5) is 23.7 Å². The standard InChI is InChI=1S/C17H15BrF3N5O/c18-11-4-6-12(7-5-11)24-16(27)23-9-2-10-26-14-13(3-1-8-22-14)25-15(26)17(19,20)21/h1,3-8H,2,9-10H2,(H2,23,24,27). The van der Waals surface area contributed by atoms with Crippen LogP contribution in [0.2, 0.25) is 0 Å². The summed E-state index contributed by atoms with van der Waals surface area (Å²) in [4.78, 5) is 19.5. The van der Waals surface area contributed by atoms with E-state index in [4.69, 9.17) is 0 Å². The molecule has 142 valence electrons. The molecule has 0 unspecified atom stereocenters. The van der Waals surface area contributed by atoms with E-state index in [-0.39, 0.29) is 24.3 Å². The number of hydrogen-bond donors (Lipinski definition) is 2. The first-order chi connectivity index (χ1) is 12.8. The van der Waals surface area contributed by atoms with E-state index in [2.05, 4.69) is 36.5 Å². The van der Waals surface area contributed by atoms with Crippen molar-refractivity contribution >= 4 is 38.8 Å². The van der Waals surface area contributed by atoms with Gasteiger partial charge in [0.2, 0.25) is 5.82 Å². The van der Waals surface area contributed by atoms with E-state index >= 15 is 0 Å². The molecule has 0 spiro atoms. The Morgan fingerprint density at radius 1 is 1.19 bits per heavy atom. The quantitative estimate of drug-likeness (QED) is 0.575. The number of nitrogens with one attached hydrogen (secondary N) is 2. The Balaban J connectivity index is 1.59. The molecule has 0 aliphatic carbocycles. The van der Waals surface area contributed by atoms with Crippen molar-refractivity contribution in [1.82, 2.24) is 19.9 Å².